The van der Waals surface area contributed by atoms with Gasteiger partial charge in [0, 0.05) is 17.5 Å². The van der Waals surface area contributed by atoms with Crippen molar-refractivity contribution in [2.24, 2.45) is 5.73 Å². The van der Waals surface area contributed by atoms with Crippen LogP contribution in [-0.4, -0.2) is 25.4 Å². The average molecular weight is 342 g/mol. The van der Waals surface area contributed by atoms with Crippen LogP contribution < -0.4 is 15.2 Å². The highest BCUT2D eigenvalue weighted by atomic mass is 79.9. The first-order valence-corrected chi connectivity index (χ1v) is 7.88. The monoisotopic (exact) mass is 341 g/mol. The molecule has 1 aromatic rings. The first-order valence-electron chi connectivity index (χ1n) is 7.09. The van der Waals surface area contributed by atoms with Crippen LogP contribution in [0.15, 0.2) is 16.6 Å². The van der Waals surface area contributed by atoms with Crippen LogP contribution in [0.5, 0.6) is 11.5 Å². The van der Waals surface area contributed by atoms with Gasteiger partial charge in [0.2, 0.25) is 0 Å². The summed E-state index contributed by atoms with van der Waals surface area (Å²) in [5.74, 6) is 1.56. The molecule has 5 heteroatoms. The van der Waals surface area contributed by atoms with Gasteiger partial charge in [0.15, 0.2) is 11.5 Å². The molecular weight excluding hydrogens is 322 g/mol. The van der Waals surface area contributed by atoms with Gasteiger partial charge in [0.05, 0.1) is 24.9 Å². The molecule has 1 aromatic carbocycles. The second-order valence-electron chi connectivity index (χ2n) is 5.61. The van der Waals surface area contributed by atoms with E-state index in [1.807, 2.05) is 12.1 Å². The Morgan fingerprint density at radius 2 is 1.85 bits per heavy atom. The first kappa shape index (κ1) is 14.2. The van der Waals surface area contributed by atoms with Gasteiger partial charge in [-0.3, -0.25) is 0 Å². The Bertz CT molecular complexity index is 500. The van der Waals surface area contributed by atoms with Gasteiger partial charge in [-0.05, 0) is 37.5 Å². The normalized spacial score (nSPS) is 27.1. The third-order valence-corrected chi connectivity index (χ3v) is 4.80. The molecule has 4 nitrogen and oxygen atoms in total. The van der Waals surface area contributed by atoms with Gasteiger partial charge in [-0.25, -0.2) is 0 Å². The molecule has 2 unspecified atom stereocenters. The van der Waals surface area contributed by atoms with E-state index in [-0.39, 0.29) is 11.6 Å². The fourth-order valence-electron chi connectivity index (χ4n) is 2.81. The van der Waals surface area contributed by atoms with Crippen LogP contribution in [0.1, 0.15) is 37.8 Å². The van der Waals surface area contributed by atoms with Crippen molar-refractivity contribution in [1.82, 2.24) is 0 Å². The summed E-state index contributed by atoms with van der Waals surface area (Å²) in [6, 6.07) is 3.76. The molecule has 0 saturated carbocycles. The van der Waals surface area contributed by atoms with E-state index in [1.165, 1.54) is 0 Å². The predicted octanol–water partition coefficient (Wildman–Crippen LogP) is 3.18. The van der Waals surface area contributed by atoms with E-state index in [9.17, 15) is 0 Å². The number of rotatable bonds is 2. The Kier molecular flexibility index (Phi) is 3.93. The third kappa shape index (κ3) is 2.54. The molecule has 1 saturated heterocycles. The lowest BCUT2D eigenvalue weighted by Crippen LogP contribution is -2.37. The number of ether oxygens (including phenoxy) is 3. The maximum atomic E-state index is 6.46. The third-order valence-electron chi connectivity index (χ3n) is 4.11. The van der Waals surface area contributed by atoms with E-state index in [1.54, 1.807) is 0 Å². The van der Waals surface area contributed by atoms with Gasteiger partial charge in [-0.2, -0.15) is 0 Å². The number of hydrogen-bond acceptors (Lipinski definition) is 4. The number of hydrogen-bond donors (Lipinski definition) is 1. The summed E-state index contributed by atoms with van der Waals surface area (Å²) < 4.78 is 18.2. The summed E-state index contributed by atoms with van der Waals surface area (Å²) in [6.45, 7) is 4.23. The molecular formula is C15H20BrNO3. The van der Waals surface area contributed by atoms with Crippen molar-refractivity contribution in [2.75, 3.05) is 19.8 Å². The smallest absolute Gasteiger partial charge is 0.162 e. The van der Waals surface area contributed by atoms with E-state index in [4.69, 9.17) is 19.9 Å². The lowest BCUT2D eigenvalue weighted by atomic mass is 9.88. The van der Waals surface area contributed by atoms with Crippen molar-refractivity contribution < 1.29 is 14.2 Å². The quantitative estimate of drug-likeness (QED) is 0.897. The van der Waals surface area contributed by atoms with Crippen molar-refractivity contribution >= 4 is 15.9 Å². The van der Waals surface area contributed by atoms with Crippen LogP contribution in [0.3, 0.4) is 0 Å². The lowest BCUT2D eigenvalue weighted by molar-refractivity contribution is -0.00195. The van der Waals surface area contributed by atoms with E-state index in [2.05, 4.69) is 22.9 Å². The molecule has 1 fully saturated rings. The first-order chi connectivity index (χ1) is 9.60. The van der Waals surface area contributed by atoms with Crippen LogP contribution in [0.4, 0.5) is 0 Å². The van der Waals surface area contributed by atoms with Crippen LogP contribution >= 0.6 is 15.9 Å². The van der Waals surface area contributed by atoms with Crippen molar-refractivity contribution in [1.29, 1.82) is 0 Å². The molecule has 0 aliphatic carbocycles. The predicted molar refractivity (Wildman–Crippen MR) is 80.3 cm³/mol. The molecule has 3 rings (SSSR count). The molecule has 2 N–H and O–H groups in total. The maximum Gasteiger partial charge on any atom is 0.162 e. The molecule has 20 heavy (non-hydrogen) atoms. The minimum atomic E-state index is -0.303. The van der Waals surface area contributed by atoms with E-state index < -0.39 is 0 Å². The van der Waals surface area contributed by atoms with E-state index in [0.717, 1.165) is 47.4 Å². The second-order valence-corrected chi connectivity index (χ2v) is 6.47. The van der Waals surface area contributed by atoms with E-state index in [0.29, 0.717) is 13.2 Å². The minimum absolute atomic E-state index is 0.184. The highest BCUT2D eigenvalue weighted by Crippen LogP contribution is 2.42. The number of benzene rings is 1. The van der Waals surface area contributed by atoms with Crippen LogP contribution in [0.2, 0.25) is 0 Å². The minimum Gasteiger partial charge on any atom is -0.490 e. The molecule has 2 aliphatic heterocycles. The summed E-state index contributed by atoms with van der Waals surface area (Å²) in [7, 11) is 0. The van der Waals surface area contributed by atoms with Gasteiger partial charge in [0.25, 0.3) is 0 Å². The summed E-state index contributed by atoms with van der Waals surface area (Å²) in [4.78, 5) is 0. The SMILES string of the molecule is CC1(C(N)c2cc3c(cc2Br)OCCCO3)CCCO1. The highest BCUT2D eigenvalue weighted by Gasteiger charge is 2.38. The van der Waals surface area contributed by atoms with Crippen molar-refractivity contribution in [2.45, 2.75) is 37.8 Å². The van der Waals surface area contributed by atoms with Gasteiger partial charge in [-0.1, -0.05) is 15.9 Å². The number of nitrogens with two attached hydrogens (primary N) is 1. The molecule has 2 heterocycles. The fourth-order valence-corrected chi connectivity index (χ4v) is 3.38. The molecule has 110 valence electrons. The largest absolute Gasteiger partial charge is 0.490 e. The fraction of sp³-hybridized carbons (Fsp3) is 0.600. The maximum absolute atomic E-state index is 6.46. The topological polar surface area (TPSA) is 53.7 Å². The molecule has 0 spiro atoms. The highest BCUT2D eigenvalue weighted by molar-refractivity contribution is 9.10. The summed E-state index contributed by atoms with van der Waals surface area (Å²) in [5.41, 5.74) is 7.17. The van der Waals surface area contributed by atoms with Crippen LogP contribution in [0, 0.1) is 0 Å². The lowest BCUT2D eigenvalue weighted by Gasteiger charge is -2.31. The van der Waals surface area contributed by atoms with Crippen molar-refractivity contribution in [3.05, 3.63) is 22.2 Å². The zero-order valence-corrected chi connectivity index (χ0v) is 13.2. The Morgan fingerprint density at radius 3 is 2.50 bits per heavy atom. The number of fused-ring (bicyclic) bond motifs is 1. The summed E-state index contributed by atoms with van der Waals surface area (Å²) in [5, 5.41) is 0. The van der Waals surface area contributed by atoms with E-state index >= 15 is 0 Å². The zero-order valence-electron chi connectivity index (χ0n) is 11.7. The van der Waals surface area contributed by atoms with Crippen molar-refractivity contribution in [3.8, 4) is 11.5 Å². The zero-order chi connectivity index (χ0) is 14.2. The Balaban J connectivity index is 1.95. The molecule has 0 bridgehead atoms. The molecule has 2 atom stereocenters. The number of halogens is 1. The molecule has 2 aliphatic rings. The molecule has 0 aromatic heterocycles. The average Bonchev–Trinajstić information content (AvgIpc) is 2.75. The standard InChI is InChI=1S/C15H20BrNO3/c1-15(4-2-7-20-15)14(17)10-8-12-13(9-11(10)16)19-6-3-5-18-12/h8-9,14H,2-7,17H2,1H3. The van der Waals surface area contributed by atoms with Gasteiger partial charge in [0.1, 0.15) is 0 Å². The van der Waals surface area contributed by atoms with Gasteiger partial charge < -0.3 is 19.9 Å². The molecule has 0 radical (unpaired) electrons. The summed E-state index contributed by atoms with van der Waals surface area (Å²) >= 11 is 3.60. The van der Waals surface area contributed by atoms with Gasteiger partial charge >= 0.3 is 0 Å². The van der Waals surface area contributed by atoms with Gasteiger partial charge in [-0.15, -0.1) is 0 Å². The van der Waals surface area contributed by atoms with Crippen LogP contribution in [-0.2, 0) is 4.74 Å². The van der Waals surface area contributed by atoms with Crippen molar-refractivity contribution in [3.63, 3.8) is 0 Å². The van der Waals surface area contributed by atoms with Crippen LogP contribution in [0.25, 0.3) is 0 Å². The Labute approximate surface area is 127 Å². The molecule has 0 amide bonds. The summed E-state index contributed by atoms with van der Waals surface area (Å²) in [6.07, 6.45) is 2.94. The Morgan fingerprint density at radius 1 is 1.15 bits per heavy atom. The second kappa shape index (κ2) is 5.54. The Hall–Kier alpha value is -0.780.